The molecule has 2 amide bonds. The summed E-state index contributed by atoms with van der Waals surface area (Å²) in [7, 11) is 1.55. The van der Waals surface area contributed by atoms with E-state index < -0.39 is 0 Å². The molecule has 1 atom stereocenters. The minimum atomic E-state index is -0.257. The maximum absolute atomic E-state index is 12.1. The molecule has 0 aromatic carbocycles. The zero-order chi connectivity index (χ0) is 14.6. The molecule has 0 aromatic rings. The second-order valence-electron chi connectivity index (χ2n) is 5.87. The van der Waals surface area contributed by atoms with E-state index >= 15 is 0 Å². The first-order valence-corrected chi connectivity index (χ1v) is 6.51. The quantitative estimate of drug-likeness (QED) is 0.780. The zero-order valence-corrected chi connectivity index (χ0v) is 12.1. The standard InChI is InChI=1S/C13H23N3O3/c1-13(2,3)10(7-8-17)14-12(19)9-5-6-11(18)16(4)15-9/h10,17H,5-8H2,1-4H3,(H,14,19). The number of aliphatic hydroxyl groups is 1. The van der Waals surface area contributed by atoms with Crippen LogP contribution in [-0.2, 0) is 9.59 Å². The Morgan fingerprint density at radius 1 is 1.47 bits per heavy atom. The second-order valence-corrected chi connectivity index (χ2v) is 5.87. The van der Waals surface area contributed by atoms with E-state index in [2.05, 4.69) is 10.4 Å². The third-order valence-electron chi connectivity index (χ3n) is 3.24. The lowest BCUT2D eigenvalue weighted by Gasteiger charge is -2.31. The van der Waals surface area contributed by atoms with Gasteiger partial charge in [0.1, 0.15) is 5.71 Å². The average molecular weight is 269 g/mol. The van der Waals surface area contributed by atoms with Gasteiger partial charge in [0.2, 0.25) is 5.91 Å². The summed E-state index contributed by atoms with van der Waals surface area (Å²) < 4.78 is 0. The smallest absolute Gasteiger partial charge is 0.267 e. The van der Waals surface area contributed by atoms with Crippen LogP contribution in [0.5, 0.6) is 0 Å². The predicted molar refractivity (Wildman–Crippen MR) is 72.5 cm³/mol. The van der Waals surface area contributed by atoms with Crippen molar-refractivity contribution in [1.29, 1.82) is 0 Å². The van der Waals surface area contributed by atoms with E-state index in [1.807, 2.05) is 20.8 Å². The average Bonchev–Trinajstić information content (AvgIpc) is 2.30. The van der Waals surface area contributed by atoms with Crippen LogP contribution in [0.1, 0.15) is 40.0 Å². The van der Waals surface area contributed by atoms with E-state index in [-0.39, 0.29) is 29.9 Å². The molecule has 0 saturated heterocycles. The van der Waals surface area contributed by atoms with Gasteiger partial charge in [-0.05, 0) is 11.8 Å². The van der Waals surface area contributed by atoms with Crippen molar-refractivity contribution >= 4 is 17.5 Å². The Kier molecular flexibility index (Phi) is 5.05. The third kappa shape index (κ3) is 4.31. The number of carbonyl (C=O) groups excluding carboxylic acids is 2. The van der Waals surface area contributed by atoms with Crippen LogP contribution < -0.4 is 5.32 Å². The first kappa shape index (κ1) is 15.6. The number of nitrogens with zero attached hydrogens (tertiary/aromatic N) is 2. The number of aliphatic hydroxyl groups excluding tert-OH is 1. The fraction of sp³-hybridized carbons (Fsp3) is 0.769. The number of hydrogen-bond acceptors (Lipinski definition) is 4. The van der Waals surface area contributed by atoms with Gasteiger partial charge in [-0.1, -0.05) is 20.8 Å². The third-order valence-corrected chi connectivity index (χ3v) is 3.24. The van der Waals surface area contributed by atoms with Gasteiger partial charge in [0.05, 0.1) is 0 Å². The number of nitrogens with one attached hydrogen (secondary N) is 1. The Hall–Kier alpha value is -1.43. The molecule has 1 aliphatic rings. The Morgan fingerprint density at radius 2 is 2.11 bits per heavy atom. The van der Waals surface area contributed by atoms with Crippen LogP contribution in [0.3, 0.4) is 0 Å². The van der Waals surface area contributed by atoms with Gasteiger partial charge in [0.15, 0.2) is 0 Å². The highest BCUT2D eigenvalue weighted by Gasteiger charge is 2.29. The number of hydrazone groups is 1. The highest BCUT2D eigenvalue weighted by Crippen LogP contribution is 2.21. The van der Waals surface area contributed by atoms with E-state index in [4.69, 9.17) is 5.11 Å². The summed E-state index contributed by atoms with van der Waals surface area (Å²) in [5.41, 5.74) is 0.226. The Morgan fingerprint density at radius 3 is 2.58 bits per heavy atom. The van der Waals surface area contributed by atoms with E-state index in [9.17, 15) is 9.59 Å². The number of hydrogen-bond donors (Lipinski definition) is 2. The fourth-order valence-corrected chi connectivity index (χ4v) is 1.93. The minimum Gasteiger partial charge on any atom is -0.396 e. The predicted octanol–water partition coefficient (Wildman–Crippen LogP) is 0.508. The normalized spacial score (nSPS) is 18.1. The fourth-order valence-electron chi connectivity index (χ4n) is 1.93. The lowest BCUT2D eigenvalue weighted by atomic mass is 9.84. The molecule has 1 rings (SSSR count). The van der Waals surface area contributed by atoms with Crippen LogP contribution in [0.4, 0.5) is 0 Å². The first-order valence-electron chi connectivity index (χ1n) is 6.51. The van der Waals surface area contributed by atoms with E-state index in [0.29, 0.717) is 25.0 Å². The molecule has 6 heteroatoms. The molecule has 1 heterocycles. The van der Waals surface area contributed by atoms with Crippen molar-refractivity contribution in [2.45, 2.75) is 46.1 Å². The van der Waals surface area contributed by atoms with Crippen molar-refractivity contribution in [3.05, 3.63) is 0 Å². The topological polar surface area (TPSA) is 82.0 Å². The molecule has 0 aliphatic carbocycles. The highest BCUT2D eigenvalue weighted by atomic mass is 16.3. The van der Waals surface area contributed by atoms with E-state index in [0.717, 1.165) is 0 Å². The van der Waals surface area contributed by atoms with Crippen LogP contribution in [0.25, 0.3) is 0 Å². The van der Waals surface area contributed by atoms with Gasteiger partial charge in [0.25, 0.3) is 5.91 Å². The molecule has 0 bridgehead atoms. The lowest BCUT2D eigenvalue weighted by Crippen LogP contribution is -2.48. The summed E-state index contributed by atoms with van der Waals surface area (Å²) in [5.74, 6) is -0.341. The zero-order valence-electron chi connectivity index (χ0n) is 12.1. The van der Waals surface area contributed by atoms with E-state index in [1.165, 1.54) is 5.01 Å². The Bertz CT molecular complexity index is 385. The molecule has 108 valence electrons. The van der Waals surface area contributed by atoms with Crippen molar-refractivity contribution in [3.63, 3.8) is 0 Å². The van der Waals surface area contributed by atoms with Crippen molar-refractivity contribution in [2.75, 3.05) is 13.7 Å². The van der Waals surface area contributed by atoms with Gasteiger partial charge in [-0.3, -0.25) is 9.59 Å². The van der Waals surface area contributed by atoms with Crippen LogP contribution in [0, 0.1) is 5.41 Å². The van der Waals surface area contributed by atoms with Gasteiger partial charge in [0, 0.05) is 32.5 Å². The van der Waals surface area contributed by atoms with Crippen molar-refractivity contribution in [1.82, 2.24) is 10.3 Å². The largest absolute Gasteiger partial charge is 0.396 e. The molecular formula is C13H23N3O3. The van der Waals surface area contributed by atoms with Crippen LogP contribution in [0.15, 0.2) is 5.10 Å². The number of carbonyl (C=O) groups is 2. The monoisotopic (exact) mass is 269 g/mol. The van der Waals surface area contributed by atoms with Crippen LogP contribution in [0.2, 0.25) is 0 Å². The van der Waals surface area contributed by atoms with Crippen LogP contribution >= 0.6 is 0 Å². The molecule has 0 aromatic heterocycles. The molecule has 2 N–H and O–H groups in total. The molecular weight excluding hydrogens is 246 g/mol. The summed E-state index contributed by atoms with van der Waals surface area (Å²) in [6.45, 7) is 6.04. The van der Waals surface area contributed by atoms with Gasteiger partial charge < -0.3 is 10.4 Å². The summed E-state index contributed by atoms with van der Waals surface area (Å²) in [4.78, 5) is 23.4. The van der Waals surface area contributed by atoms with Gasteiger partial charge in [-0.15, -0.1) is 0 Å². The van der Waals surface area contributed by atoms with E-state index in [1.54, 1.807) is 7.05 Å². The molecule has 1 unspecified atom stereocenters. The minimum absolute atomic E-state index is 0.0209. The summed E-state index contributed by atoms with van der Waals surface area (Å²) >= 11 is 0. The molecule has 1 aliphatic heterocycles. The number of rotatable bonds is 4. The van der Waals surface area contributed by atoms with Gasteiger partial charge in [-0.2, -0.15) is 5.10 Å². The molecule has 6 nitrogen and oxygen atoms in total. The molecule has 0 spiro atoms. The van der Waals surface area contributed by atoms with Gasteiger partial charge in [-0.25, -0.2) is 5.01 Å². The molecule has 0 radical (unpaired) electrons. The molecule has 19 heavy (non-hydrogen) atoms. The van der Waals surface area contributed by atoms with Crippen molar-refractivity contribution in [2.24, 2.45) is 10.5 Å². The SMILES string of the molecule is CN1N=C(C(=O)NC(CCO)C(C)(C)C)CCC1=O. The first-order chi connectivity index (χ1) is 8.75. The summed E-state index contributed by atoms with van der Waals surface area (Å²) in [6, 6.07) is -0.129. The summed E-state index contributed by atoms with van der Waals surface area (Å²) in [5, 5.41) is 17.2. The molecule has 0 saturated carbocycles. The Labute approximate surface area is 113 Å². The number of amides is 2. The maximum Gasteiger partial charge on any atom is 0.267 e. The van der Waals surface area contributed by atoms with Crippen molar-refractivity contribution < 1.29 is 14.7 Å². The lowest BCUT2D eigenvalue weighted by molar-refractivity contribution is -0.130. The summed E-state index contributed by atoms with van der Waals surface area (Å²) in [6.07, 6.45) is 1.17. The Balaban J connectivity index is 2.73. The van der Waals surface area contributed by atoms with Crippen LogP contribution in [-0.4, -0.2) is 47.3 Å². The van der Waals surface area contributed by atoms with Gasteiger partial charge >= 0.3 is 0 Å². The maximum atomic E-state index is 12.1. The molecule has 0 fully saturated rings. The van der Waals surface area contributed by atoms with Crippen molar-refractivity contribution in [3.8, 4) is 0 Å². The highest BCUT2D eigenvalue weighted by molar-refractivity contribution is 6.39. The second kappa shape index (κ2) is 6.14.